The maximum absolute atomic E-state index is 10.2. The Morgan fingerprint density at radius 3 is 1.42 bits per heavy atom. The van der Waals surface area contributed by atoms with Crippen LogP contribution in [-0.4, -0.2) is 31.1 Å². The van der Waals surface area contributed by atoms with Gasteiger partial charge in [-0.15, -0.1) is 0 Å². The van der Waals surface area contributed by atoms with E-state index in [-0.39, 0.29) is 0 Å². The summed E-state index contributed by atoms with van der Waals surface area (Å²) in [6.07, 6.45) is 0. The molecule has 19 heavy (non-hydrogen) atoms. The predicted octanol–water partition coefficient (Wildman–Crippen LogP) is 1.99. The molecule has 0 unspecified atom stereocenters. The molecular formula is C16H18O2Te. The Morgan fingerprint density at radius 1 is 0.684 bits per heavy atom. The summed E-state index contributed by atoms with van der Waals surface area (Å²) in [5, 5.41) is 20.3. The molecule has 0 aliphatic carbocycles. The minimum absolute atomic E-state index is 0.381. The number of aromatic hydroxyl groups is 2. The molecule has 0 fully saturated rings. The van der Waals surface area contributed by atoms with Gasteiger partial charge in [-0.3, -0.25) is 0 Å². The Morgan fingerprint density at radius 2 is 1.05 bits per heavy atom. The molecule has 0 bridgehead atoms. The molecule has 0 saturated carbocycles. The Bertz CT molecular complexity index is 578. The van der Waals surface area contributed by atoms with E-state index in [1.165, 1.54) is 0 Å². The second-order valence-electron chi connectivity index (χ2n) is 4.96. The molecule has 0 radical (unpaired) electrons. The van der Waals surface area contributed by atoms with Gasteiger partial charge in [0.15, 0.2) is 0 Å². The van der Waals surface area contributed by atoms with Gasteiger partial charge in [0.2, 0.25) is 0 Å². The molecule has 0 aromatic heterocycles. The summed E-state index contributed by atoms with van der Waals surface area (Å²) < 4.78 is 1.98. The third kappa shape index (κ3) is 3.05. The summed E-state index contributed by atoms with van der Waals surface area (Å²) in [5.41, 5.74) is 4.12. The Kier molecular flexibility index (Phi) is 4.08. The molecule has 0 atom stereocenters. The van der Waals surface area contributed by atoms with Crippen LogP contribution < -0.4 is 7.22 Å². The maximum atomic E-state index is 10.2. The van der Waals surface area contributed by atoms with Crippen molar-refractivity contribution in [3.05, 3.63) is 46.5 Å². The molecule has 3 heteroatoms. The van der Waals surface area contributed by atoms with Crippen molar-refractivity contribution in [2.24, 2.45) is 0 Å². The molecule has 0 amide bonds. The molecular weight excluding hydrogens is 352 g/mol. The Hall–Kier alpha value is -1.17. The van der Waals surface area contributed by atoms with Crippen molar-refractivity contribution >= 4 is 28.1 Å². The number of phenols is 2. The van der Waals surface area contributed by atoms with Gasteiger partial charge in [0.05, 0.1) is 0 Å². The normalized spacial score (nSPS) is 10.7. The standard InChI is InChI=1S/C16H18O2Te/c1-9-5-11(3)15(17)13(7-9)19-14-8-10(2)6-12(4)16(14)18/h5-8,17-18H,1-4H3. The van der Waals surface area contributed by atoms with Gasteiger partial charge < -0.3 is 0 Å². The van der Waals surface area contributed by atoms with Gasteiger partial charge in [0.1, 0.15) is 0 Å². The monoisotopic (exact) mass is 372 g/mol. The van der Waals surface area contributed by atoms with Crippen LogP contribution in [0.5, 0.6) is 11.5 Å². The molecule has 0 spiro atoms. The zero-order chi connectivity index (χ0) is 14.2. The summed E-state index contributed by atoms with van der Waals surface area (Å²) in [6.45, 7) is 7.90. The van der Waals surface area contributed by atoms with Gasteiger partial charge in [-0.25, -0.2) is 0 Å². The summed E-state index contributed by atoms with van der Waals surface area (Å²) in [6, 6.07) is 8.02. The number of hydrogen-bond acceptors (Lipinski definition) is 2. The third-order valence-electron chi connectivity index (χ3n) is 3.04. The fourth-order valence-electron chi connectivity index (χ4n) is 2.12. The van der Waals surface area contributed by atoms with Gasteiger partial charge >= 0.3 is 124 Å². The quantitative estimate of drug-likeness (QED) is 0.795. The second kappa shape index (κ2) is 5.45. The summed E-state index contributed by atoms with van der Waals surface area (Å²) >= 11 is -0.787. The first-order chi connectivity index (χ1) is 8.88. The van der Waals surface area contributed by atoms with Crippen LogP contribution in [0.15, 0.2) is 24.3 Å². The summed E-state index contributed by atoms with van der Waals surface area (Å²) in [5.74, 6) is 0.762. The van der Waals surface area contributed by atoms with Gasteiger partial charge in [0, 0.05) is 0 Å². The van der Waals surface area contributed by atoms with Gasteiger partial charge in [0.25, 0.3) is 0 Å². The molecule has 100 valence electrons. The Balaban J connectivity index is 2.47. The van der Waals surface area contributed by atoms with E-state index in [4.69, 9.17) is 0 Å². The fraction of sp³-hybridized carbons (Fsp3) is 0.250. The molecule has 2 aromatic rings. The van der Waals surface area contributed by atoms with Crippen LogP contribution in [0.2, 0.25) is 0 Å². The van der Waals surface area contributed by atoms with Crippen LogP contribution in [-0.2, 0) is 0 Å². The van der Waals surface area contributed by atoms with E-state index >= 15 is 0 Å². The van der Waals surface area contributed by atoms with Gasteiger partial charge in [-0.2, -0.15) is 0 Å². The molecule has 2 rings (SSSR count). The van der Waals surface area contributed by atoms with Crippen molar-refractivity contribution in [2.75, 3.05) is 0 Å². The molecule has 2 aromatic carbocycles. The SMILES string of the molecule is Cc1cc(C)c(O)c([Te]c2cc(C)cc(C)c2O)c1. The van der Waals surface area contributed by atoms with Crippen LogP contribution in [0.25, 0.3) is 0 Å². The van der Waals surface area contributed by atoms with Crippen LogP contribution in [0.4, 0.5) is 0 Å². The van der Waals surface area contributed by atoms with Crippen LogP contribution in [0, 0.1) is 27.7 Å². The number of phenolic OH excluding ortho intramolecular Hbond substituents is 2. The zero-order valence-corrected chi connectivity index (χ0v) is 13.9. The minimum atomic E-state index is -0.787. The van der Waals surface area contributed by atoms with Crippen molar-refractivity contribution in [2.45, 2.75) is 27.7 Å². The molecule has 0 aliphatic rings. The average molecular weight is 370 g/mol. The van der Waals surface area contributed by atoms with E-state index in [0.717, 1.165) is 29.5 Å². The summed E-state index contributed by atoms with van der Waals surface area (Å²) in [7, 11) is 0. The van der Waals surface area contributed by atoms with E-state index < -0.39 is 20.9 Å². The van der Waals surface area contributed by atoms with E-state index in [9.17, 15) is 10.2 Å². The molecule has 0 saturated heterocycles. The van der Waals surface area contributed by atoms with Gasteiger partial charge in [-0.05, 0) is 0 Å². The average Bonchev–Trinajstić information content (AvgIpc) is 2.31. The first-order valence-corrected chi connectivity index (χ1v) is 8.50. The number of hydrogen-bond donors (Lipinski definition) is 2. The first-order valence-electron chi connectivity index (χ1n) is 6.16. The molecule has 2 nitrogen and oxygen atoms in total. The van der Waals surface area contributed by atoms with Crippen molar-refractivity contribution in [3.8, 4) is 11.5 Å². The third-order valence-corrected chi connectivity index (χ3v) is 6.07. The summed E-state index contributed by atoms with van der Waals surface area (Å²) in [4.78, 5) is 0. The van der Waals surface area contributed by atoms with E-state index in [0.29, 0.717) is 11.5 Å². The van der Waals surface area contributed by atoms with Gasteiger partial charge in [-0.1, -0.05) is 0 Å². The van der Waals surface area contributed by atoms with E-state index in [2.05, 4.69) is 0 Å². The Labute approximate surface area is 124 Å². The van der Waals surface area contributed by atoms with Crippen molar-refractivity contribution in [3.63, 3.8) is 0 Å². The van der Waals surface area contributed by atoms with Crippen molar-refractivity contribution in [1.29, 1.82) is 0 Å². The van der Waals surface area contributed by atoms with Crippen molar-refractivity contribution < 1.29 is 10.2 Å². The van der Waals surface area contributed by atoms with E-state index in [1.54, 1.807) is 0 Å². The number of benzene rings is 2. The topological polar surface area (TPSA) is 40.5 Å². The fourth-order valence-corrected chi connectivity index (χ4v) is 5.66. The van der Waals surface area contributed by atoms with Crippen molar-refractivity contribution in [1.82, 2.24) is 0 Å². The molecule has 2 N–H and O–H groups in total. The second-order valence-corrected chi connectivity index (χ2v) is 8.05. The number of aryl methyl sites for hydroxylation is 4. The molecule has 0 aliphatic heterocycles. The van der Waals surface area contributed by atoms with Crippen LogP contribution >= 0.6 is 0 Å². The van der Waals surface area contributed by atoms with Crippen LogP contribution in [0.1, 0.15) is 22.3 Å². The predicted molar refractivity (Wildman–Crippen MR) is 80.2 cm³/mol. The first kappa shape index (κ1) is 14.2. The van der Waals surface area contributed by atoms with E-state index in [1.807, 2.05) is 52.0 Å². The molecule has 0 heterocycles. The zero-order valence-electron chi connectivity index (χ0n) is 11.6. The van der Waals surface area contributed by atoms with Crippen LogP contribution in [0.3, 0.4) is 0 Å². The number of rotatable bonds is 2.